The van der Waals surface area contributed by atoms with Crippen LogP contribution in [-0.4, -0.2) is 17.2 Å². The zero-order chi connectivity index (χ0) is 19.2. The molecule has 0 rings (SSSR count). The molecule has 0 spiro atoms. The monoisotopic (exact) mass is 355 g/mol. The van der Waals surface area contributed by atoms with Crippen LogP contribution < -0.4 is 5.32 Å². The lowest BCUT2D eigenvalue weighted by Gasteiger charge is -2.16. The molecule has 0 aliphatic carbocycles. The van der Waals surface area contributed by atoms with Gasteiger partial charge in [-0.15, -0.1) is 0 Å². The molecule has 0 aliphatic rings. The Bertz CT molecular complexity index is 328. The number of nitrogens with one attached hydrogen (secondary N) is 1. The Labute approximate surface area is 157 Å². The fourth-order valence-electron chi connectivity index (χ4n) is 3.50. The number of aliphatic hydroxyl groups is 1. The third-order valence-corrected chi connectivity index (χ3v) is 5.17. The molecule has 25 heavy (non-hydrogen) atoms. The minimum atomic E-state index is -0.743. The van der Waals surface area contributed by atoms with Crippen LogP contribution >= 0.6 is 0 Å². The second-order valence-electron chi connectivity index (χ2n) is 8.95. The Morgan fingerprint density at radius 3 is 1.52 bits per heavy atom. The van der Waals surface area contributed by atoms with E-state index in [0.29, 0.717) is 12.3 Å². The molecular weight excluding hydrogens is 310 g/mol. The third kappa shape index (κ3) is 16.6. The summed E-state index contributed by atoms with van der Waals surface area (Å²) in [7, 11) is 0. The molecule has 3 nitrogen and oxygen atoms in total. The molecule has 0 bridgehead atoms. The molecule has 0 saturated heterocycles. The topological polar surface area (TPSA) is 49.3 Å². The van der Waals surface area contributed by atoms with E-state index < -0.39 is 6.23 Å². The molecule has 150 valence electrons. The van der Waals surface area contributed by atoms with Crippen molar-refractivity contribution >= 4 is 5.91 Å². The SMILES string of the molecule is CC(C)CCCC(C)CCCC(C)CCCC(C)CC(=O)NC(C)O. The fraction of sp³-hybridized carbons (Fsp3) is 0.955. The molecule has 0 aromatic carbocycles. The molecule has 0 aromatic heterocycles. The number of hydrogen-bond acceptors (Lipinski definition) is 2. The number of amides is 1. The van der Waals surface area contributed by atoms with Crippen molar-refractivity contribution < 1.29 is 9.90 Å². The van der Waals surface area contributed by atoms with E-state index in [9.17, 15) is 4.79 Å². The lowest BCUT2D eigenvalue weighted by Crippen LogP contribution is -2.32. The van der Waals surface area contributed by atoms with Crippen LogP contribution in [0.1, 0.15) is 106 Å². The van der Waals surface area contributed by atoms with Crippen LogP contribution in [0.15, 0.2) is 0 Å². The van der Waals surface area contributed by atoms with Gasteiger partial charge in [-0.1, -0.05) is 92.4 Å². The standard InChI is InChI=1S/C22H45NO2/c1-17(2)10-7-11-18(3)12-8-13-19(4)14-9-15-20(5)16-22(25)23-21(6)24/h17-21,24H,7-16H2,1-6H3,(H,23,25). The van der Waals surface area contributed by atoms with E-state index in [-0.39, 0.29) is 5.91 Å². The Morgan fingerprint density at radius 1 is 0.720 bits per heavy atom. The summed E-state index contributed by atoms with van der Waals surface area (Å²) in [6, 6.07) is 0. The molecule has 0 radical (unpaired) electrons. The highest BCUT2D eigenvalue weighted by Gasteiger charge is 2.11. The number of carbonyl (C=O) groups is 1. The lowest BCUT2D eigenvalue weighted by atomic mass is 9.90. The van der Waals surface area contributed by atoms with E-state index in [0.717, 1.165) is 24.2 Å². The van der Waals surface area contributed by atoms with Gasteiger partial charge in [0.05, 0.1) is 0 Å². The predicted octanol–water partition coefficient (Wildman–Crippen LogP) is 5.91. The van der Waals surface area contributed by atoms with Crippen LogP contribution in [0, 0.1) is 23.7 Å². The fourth-order valence-corrected chi connectivity index (χ4v) is 3.50. The van der Waals surface area contributed by atoms with Crippen molar-refractivity contribution in [2.75, 3.05) is 0 Å². The van der Waals surface area contributed by atoms with Gasteiger partial charge in [0.1, 0.15) is 6.23 Å². The Balaban J connectivity index is 3.63. The zero-order valence-electron chi connectivity index (χ0n) is 17.8. The summed E-state index contributed by atoms with van der Waals surface area (Å²) in [5.41, 5.74) is 0. The number of aliphatic hydroxyl groups excluding tert-OH is 1. The van der Waals surface area contributed by atoms with Gasteiger partial charge < -0.3 is 10.4 Å². The first-order chi connectivity index (χ1) is 11.7. The largest absolute Gasteiger partial charge is 0.374 e. The predicted molar refractivity (Wildman–Crippen MR) is 108 cm³/mol. The van der Waals surface area contributed by atoms with Gasteiger partial charge in [-0.25, -0.2) is 0 Å². The molecule has 4 atom stereocenters. The highest BCUT2D eigenvalue weighted by atomic mass is 16.3. The van der Waals surface area contributed by atoms with Gasteiger partial charge in [0.2, 0.25) is 5.91 Å². The second kappa shape index (κ2) is 14.6. The molecule has 3 heteroatoms. The first-order valence-electron chi connectivity index (χ1n) is 10.7. The van der Waals surface area contributed by atoms with Gasteiger partial charge in [0.25, 0.3) is 0 Å². The van der Waals surface area contributed by atoms with E-state index in [1.165, 1.54) is 51.4 Å². The summed E-state index contributed by atoms with van der Waals surface area (Å²) in [6.45, 7) is 13.1. The molecule has 0 heterocycles. The average Bonchev–Trinajstić information content (AvgIpc) is 2.45. The van der Waals surface area contributed by atoms with Gasteiger partial charge in [-0.2, -0.15) is 0 Å². The van der Waals surface area contributed by atoms with Crippen LogP contribution in [0.3, 0.4) is 0 Å². The minimum absolute atomic E-state index is 0.0398. The highest BCUT2D eigenvalue weighted by Crippen LogP contribution is 2.22. The van der Waals surface area contributed by atoms with E-state index >= 15 is 0 Å². The Kier molecular flexibility index (Phi) is 14.3. The summed E-state index contributed by atoms with van der Waals surface area (Å²) in [5, 5.41) is 11.7. The average molecular weight is 356 g/mol. The van der Waals surface area contributed by atoms with Crippen molar-refractivity contribution in [3.8, 4) is 0 Å². The van der Waals surface area contributed by atoms with Gasteiger partial charge in [0.15, 0.2) is 0 Å². The molecule has 0 fully saturated rings. The molecule has 2 N–H and O–H groups in total. The summed E-state index contributed by atoms with van der Waals surface area (Å²) in [5.74, 6) is 2.86. The lowest BCUT2D eigenvalue weighted by molar-refractivity contribution is -0.124. The van der Waals surface area contributed by atoms with Crippen molar-refractivity contribution in [2.24, 2.45) is 23.7 Å². The molecule has 0 saturated carbocycles. The van der Waals surface area contributed by atoms with Crippen LogP contribution in [0.5, 0.6) is 0 Å². The van der Waals surface area contributed by atoms with Crippen molar-refractivity contribution in [1.29, 1.82) is 0 Å². The van der Waals surface area contributed by atoms with Crippen molar-refractivity contribution in [3.63, 3.8) is 0 Å². The quantitative estimate of drug-likeness (QED) is 0.359. The third-order valence-electron chi connectivity index (χ3n) is 5.17. The van der Waals surface area contributed by atoms with Gasteiger partial charge >= 0.3 is 0 Å². The molecule has 0 aliphatic heterocycles. The summed E-state index contributed by atoms with van der Waals surface area (Å²) >= 11 is 0. The van der Waals surface area contributed by atoms with Gasteiger partial charge in [0, 0.05) is 6.42 Å². The summed E-state index contributed by atoms with van der Waals surface area (Å²) < 4.78 is 0. The molecule has 0 aromatic rings. The van der Waals surface area contributed by atoms with Gasteiger partial charge in [-0.05, 0) is 30.6 Å². The van der Waals surface area contributed by atoms with Crippen LogP contribution in [0.4, 0.5) is 0 Å². The second-order valence-corrected chi connectivity index (χ2v) is 8.95. The molecule has 1 amide bonds. The van der Waals surface area contributed by atoms with Crippen molar-refractivity contribution in [1.82, 2.24) is 5.32 Å². The summed E-state index contributed by atoms with van der Waals surface area (Å²) in [6.07, 6.45) is 11.6. The van der Waals surface area contributed by atoms with Crippen molar-refractivity contribution in [3.05, 3.63) is 0 Å². The number of rotatable bonds is 15. The first kappa shape index (κ1) is 24.4. The van der Waals surface area contributed by atoms with E-state index in [1.807, 2.05) is 0 Å². The maximum absolute atomic E-state index is 11.6. The normalized spacial score (nSPS) is 16.5. The first-order valence-corrected chi connectivity index (χ1v) is 10.7. The van der Waals surface area contributed by atoms with E-state index in [2.05, 4.69) is 39.9 Å². The van der Waals surface area contributed by atoms with E-state index in [1.54, 1.807) is 6.92 Å². The van der Waals surface area contributed by atoms with Crippen LogP contribution in [-0.2, 0) is 4.79 Å². The van der Waals surface area contributed by atoms with E-state index in [4.69, 9.17) is 5.11 Å². The number of carbonyl (C=O) groups excluding carboxylic acids is 1. The Morgan fingerprint density at radius 2 is 1.12 bits per heavy atom. The minimum Gasteiger partial charge on any atom is -0.374 e. The molecule has 4 unspecified atom stereocenters. The Hall–Kier alpha value is -0.570. The van der Waals surface area contributed by atoms with Crippen LogP contribution in [0.2, 0.25) is 0 Å². The van der Waals surface area contributed by atoms with Gasteiger partial charge in [-0.3, -0.25) is 4.79 Å². The van der Waals surface area contributed by atoms with Crippen molar-refractivity contribution in [2.45, 2.75) is 112 Å². The summed E-state index contributed by atoms with van der Waals surface area (Å²) in [4.78, 5) is 11.6. The maximum Gasteiger partial charge on any atom is 0.222 e. The smallest absolute Gasteiger partial charge is 0.222 e. The highest BCUT2D eigenvalue weighted by molar-refractivity contribution is 5.76. The zero-order valence-corrected chi connectivity index (χ0v) is 17.8. The van der Waals surface area contributed by atoms with Crippen LogP contribution in [0.25, 0.3) is 0 Å². The number of hydrogen-bond donors (Lipinski definition) is 2. The maximum atomic E-state index is 11.6. The molecular formula is C22H45NO2.